The summed E-state index contributed by atoms with van der Waals surface area (Å²) in [6.45, 7) is 8.73. The Morgan fingerprint density at radius 1 is 1.15 bits per heavy atom. The zero-order valence-corrected chi connectivity index (χ0v) is 16.5. The molecule has 26 heavy (non-hydrogen) atoms. The number of carbonyl (C=O) groups excluding carboxylic acids is 2. The standard InChI is InChI=1S/C19H31N5O2/c1-6-21-19(23(5)14-17(25)24(7-2)8-3)22-13-15-10-9-11-16(12-15)18(26)20-4/h9-12H,6-8,13-14H2,1-5H3,(H,20,26)(H,21,22). The minimum atomic E-state index is -0.121. The summed E-state index contributed by atoms with van der Waals surface area (Å²) >= 11 is 0. The summed E-state index contributed by atoms with van der Waals surface area (Å²) in [6.07, 6.45) is 0. The average Bonchev–Trinajstić information content (AvgIpc) is 2.65. The quantitative estimate of drug-likeness (QED) is 0.541. The van der Waals surface area contributed by atoms with Gasteiger partial charge in [-0.05, 0) is 38.5 Å². The minimum absolute atomic E-state index is 0.0738. The second-order valence-corrected chi connectivity index (χ2v) is 5.87. The van der Waals surface area contributed by atoms with E-state index in [0.717, 1.165) is 5.56 Å². The summed E-state index contributed by atoms with van der Waals surface area (Å²) in [4.78, 5) is 32.3. The van der Waals surface area contributed by atoms with Crippen molar-refractivity contribution in [1.82, 2.24) is 20.4 Å². The normalized spacial score (nSPS) is 11.0. The van der Waals surface area contributed by atoms with Gasteiger partial charge in [-0.2, -0.15) is 0 Å². The van der Waals surface area contributed by atoms with E-state index in [9.17, 15) is 9.59 Å². The van der Waals surface area contributed by atoms with Gasteiger partial charge in [0.25, 0.3) is 5.91 Å². The van der Waals surface area contributed by atoms with E-state index >= 15 is 0 Å². The molecule has 0 bridgehead atoms. The van der Waals surface area contributed by atoms with Gasteiger partial charge in [-0.15, -0.1) is 0 Å². The largest absolute Gasteiger partial charge is 0.357 e. The number of nitrogens with zero attached hydrogens (tertiary/aromatic N) is 3. The predicted molar refractivity (Wildman–Crippen MR) is 105 cm³/mol. The smallest absolute Gasteiger partial charge is 0.251 e. The number of carbonyl (C=O) groups is 2. The van der Waals surface area contributed by atoms with Crippen molar-refractivity contribution in [2.45, 2.75) is 27.3 Å². The van der Waals surface area contributed by atoms with Crippen LogP contribution < -0.4 is 10.6 Å². The maximum Gasteiger partial charge on any atom is 0.251 e. The molecule has 144 valence electrons. The van der Waals surface area contributed by atoms with Gasteiger partial charge in [0.2, 0.25) is 5.91 Å². The second kappa shape index (κ2) is 11.1. The van der Waals surface area contributed by atoms with Crippen LogP contribution >= 0.6 is 0 Å². The van der Waals surface area contributed by atoms with Gasteiger partial charge in [-0.1, -0.05) is 12.1 Å². The number of likely N-dealkylation sites (N-methyl/N-ethyl adjacent to an activating group) is 2. The van der Waals surface area contributed by atoms with Crippen LogP contribution in [0.4, 0.5) is 0 Å². The van der Waals surface area contributed by atoms with Gasteiger partial charge in [0.05, 0.1) is 13.1 Å². The molecule has 1 aromatic rings. The molecule has 2 amide bonds. The van der Waals surface area contributed by atoms with E-state index in [-0.39, 0.29) is 18.4 Å². The van der Waals surface area contributed by atoms with Crippen molar-refractivity contribution >= 4 is 17.8 Å². The molecule has 0 aliphatic rings. The van der Waals surface area contributed by atoms with Gasteiger partial charge >= 0.3 is 0 Å². The first kappa shape index (κ1) is 21.5. The van der Waals surface area contributed by atoms with Gasteiger partial charge in [-0.25, -0.2) is 4.99 Å². The number of guanidine groups is 1. The van der Waals surface area contributed by atoms with Crippen molar-refractivity contribution in [3.05, 3.63) is 35.4 Å². The van der Waals surface area contributed by atoms with Gasteiger partial charge in [0, 0.05) is 39.3 Å². The molecule has 0 atom stereocenters. The van der Waals surface area contributed by atoms with Crippen molar-refractivity contribution in [3.63, 3.8) is 0 Å². The third-order valence-electron chi connectivity index (χ3n) is 4.01. The molecule has 0 aliphatic carbocycles. The van der Waals surface area contributed by atoms with Crippen LogP contribution in [0, 0.1) is 0 Å². The topological polar surface area (TPSA) is 77.0 Å². The summed E-state index contributed by atoms with van der Waals surface area (Å²) in [5.74, 6) is 0.618. The maximum absolute atomic E-state index is 12.3. The fraction of sp³-hybridized carbons (Fsp3) is 0.526. The van der Waals surface area contributed by atoms with E-state index in [1.54, 1.807) is 18.0 Å². The lowest BCUT2D eigenvalue weighted by Gasteiger charge is -2.25. The van der Waals surface area contributed by atoms with Crippen LogP contribution in [0.3, 0.4) is 0 Å². The Labute approximate surface area is 156 Å². The Bertz CT molecular complexity index is 626. The van der Waals surface area contributed by atoms with Crippen LogP contribution in [-0.2, 0) is 11.3 Å². The summed E-state index contributed by atoms with van der Waals surface area (Å²) < 4.78 is 0. The Kier molecular flexibility index (Phi) is 9.19. The first-order valence-corrected chi connectivity index (χ1v) is 9.04. The number of benzene rings is 1. The molecular weight excluding hydrogens is 330 g/mol. The Morgan fingerprint density at radius 2 is 1.85 bits per heavy atom. The summed E-state index contributed by atoms with van der Waals surface area (Å²) in [5, 5.41) is 5.82. The van der Waals surface area contributed by atoms with E-state index in [1.165, 1.54) is 0 Å². The second-order valence-electron chi connectivity index (χ2n) is 5.87. The fourth-order valence-corrected chi connectivity index (χ4v) is 2.55. The molecule has 0 saturated carbocycles. The number of hydrogen-bond donors (Lipinski definition) is 2. The zero-order valence-electron chi connectivity index (χ0n) is 16.5. The molecule has 0 radical (unpaired) electrons. The molecule has 2 N–H and O–H groups in total. The molecule has 7 heteroatoms. The molecule has 0 aromatic heterocycles. The number of hydrogen-bond acceptors (Lipinski definition) is 3. The van der Waals surface area contributed by atoms with E-state index < -0.39 is 0 Å². The van der Waals surface area contributed by atoms with Crippen LogP contribution in [0.1, 0.15) is 36.7 Å². The third kappa shape index (κ3) is 6.38. The molecule has 0 aliphatic heterocycles. The average molecular weight is 361 g/mol. The fourth-order valence-electron chi connectivity index (χ4n) is 2.55. The van der Waals surface area contributed by atoms with Crippen LogP contribution in [0.2, 0.25) is 0 Å². The van der Waals surface area contributed by atoms with Crippen LogP contribution in [0.5, 0.6) is 0 Å². The Balaban J connectivity index is 2.85. The third-order valence-corrected chi connectivity index (χ3v) is 4.01. The highest BCUT2D eigenvalue weighted by Crippen LogP contribution is 2.07. The number of aliphatic imine (C=N–C) groups is 1. The summed E-state index contributed by atoms with van der Waals surface area (Å²) in [7, 11) is 3.46. The van der Waals surface area contributed by atoms with E-state index in [1.807, 2.05) is 50.9 Å². The Hall–Kier alpha value is -2.57. The van der Waals surface area contributed by atoms with Gasteiger partial charge in [-0.3, -0.25) is 9.59 Å². The first-order valence-electron chi connectivity index (χ1n) is 9.04. The van der Waals surface area contributed by atoms with E-state index in [0.29, 0.717) is 37.7 Å². The molecule has 0 spiro atoms. The van der Waals surface area contributed by atoms with Crippen molar-refractivity contribution in [1.29, 1.82) is 0 Å². The SMILES string of the molecule is CCNC(=NCc1cccc(C(=O)NC)c1)N(C)CC(=O)N(CC)CC. The molecule has 7 nitrogen and oxygen atoms in total. The number of rotatable bonds is 8. The lowest BCUT2D eigenvalue weighted by molar-refractivity contribution is -0.131. The van der Waals surface area contributed by atoms with E-state index in [4.69, 9.17) is 0 Å². The molecule has 0 unspecified atom stereocenters. The van der Waals surface area contributed by atoms with Crippen molar-refractivity contribution in [2.24, 2.45) is 4.99 Å². The van der Waals surface area contributed by atoms with Crippen LogP contribution in [0.15, 0.2) is 29.3 Å². The van der Waals surface area contributed by atoms with Gasteiger partial charge in [0.15, 0.2) is 5.96 Å². The highest BCUT2D eigenvalue weighted by atomic mass is 16.2. The van der Waals surface area contributed by atoms with Gasteiger partial charge < -0.3 is 20.4 Å². The zero-order chi connectivity index (χ0) is 19.5. The molecule has 1 rings (SSSR count). The molecule has 0 saturated heterocycles. The maximum atomic E-state index is 12.3. The highest BCUT2D eigenvalue weighted by Gasteiger charge is 2.15. The highest BCUT2D eigenvalue weighted by molar-refractivity contribution is 5.94. The molecule has 0 fully saturated rings. The number of nitrogens with one attached hydrogen (secondary N) is 2. The Morgan fingerprint density at radius 3 is 2.42 bits per heavy atom. The molecular formula is C19H31N5O2. The van der Waals surface area contributed by atoms with Crippen molar-refractivity contribution in [2.75, 3.05) is 40.3 Å². The lowest BCUT2D eigenvalue weighted by atomic mass is 10.1. The predicted octanol–water partition coefficient (Wildman–Crippen LogP) is 1.31. The molecule has 1 aromatic carbocycles. The van der Waals surface area contributed by atoms with Crippen LogP contribution in [-0.4, -0.2) is 67.8 Å². The monoisotopic (exact) mass is 361 g/mol. The minimum Gasteiger partial charge on any atom is -0.357 e. The summed E-state index contributed by atoms with van der Waals surface area (Å²) in [6, 6.07) is 7.37. The number of amides is 2. The first-order chi connectivity index (χ1) is 12.5. The van der Waals surface area contributed by atoms with Crippen molar-refractivity contribution < 1.29 is 9.59 Å². The van der Waals surface area contributed by atoms with Crippen LogP contribution in [0.25, 0.3) is 0 Å². The lowest BCUT2D eigenvalue weighted by Crippen LogP contribution is -2.45. The van der Waals surface area contributed by atoms with Gasteiger partial charge in [0.1, 0.15) is 0 Å². The van der Waals surface area contributed by atoms with Crippen molar-refractivity contribution in [3.8, 4) is 0 Å². The molecule has 0 heterocycles. The summed E-state index contributed by atoms with van der Waals surface area (Å²) in [5.41, 5.74) is 1.54. The van der Waals surface area contributed by atoms with E-state index in [2.05, 4.69) is 15.6 Å².